The van der Waals surface area contributed by atoms with Crippen LogP contribution in [0.5, 0.6) is 0 Å². The van der Waals surface area contributed by atoms with Crippen LogP contribution in [0.25, 0.3) is 0 Å². The molecule has 1 nitrogen and oxygen atoms in total. The van der Waals surface area contributed by atoms with Gasteiger partial charge < -0.3 is 5.73 Å². The zero-order valence-electron chi connectivity index (χ0n) is 6.55. The van der Waals surface area contributed by atoms with Crippen LogP contribution < -0.4 is 5.73 Å². The molecule has 0 amide bonds. The van der Waals surface area contributed by atoms with Crippen molar-refractivity contribution < 1.29 is 0 Å². The van der Waals surface area contributed by atoms with Crippen molar-refractivity contribution in [3.8, 4) is 0 Å². The molecule has 0 bridgehead atoms. The van der Waals surface area contributed by atoms with E-state index in [-0.39, 0.29) is 0 Å². The maximum absolute atomic E-state index is 5.83. The van der Waals surface area contributed by atoms with Crippen LogP contribution in [-0.2, 0) is 6.42 Å². The van der Waals surface area contributed by atoms with Crippen molar-refractivity contribution in [1.29, 1.82) is 0 Å². The molecular formula is C9H11NS. The summed E-state index contributed by atoms with van der Waals surface area (Å²) in [6.45, 7) is 2.15. The first-order valence-electron chi connectivity index (χ1n) is 3.80. The van der Waals surface area contributed by atoms with E-state index in [1.54, 1.807) is 0 Å². The van der Waals surface area contributed by atoms with Crippen molar-refractivity contribution in [2.75, 3.05) is 11.5 Å². The largest absolute Gasteiger partial charge is 0.398 e. The van der Waals surface area contributed by atoms with E-state index in [1.165, 1.54) is 21.8 Å². The molecule has 11 heavy (non-hydrogen) atoms. The van der Waals surface area contributed by atoms with Gasteiger partial charge in [-0.1, -0.05) is 6.07 Å². The highest BCUT2D eigenvalue weighted by Crippen LogP contribution is 2.37. The number of nitrogen functional groups attached to an aromatic ring is 1. The fraction of sp³-hybridized carbons (Fsp3) is 0.333. The Kier molecular flexibility index (Phi) is 1.57. The molecule has 58 valence electrons. The quantitative estimate of drug-likeness (QED) is 0.596. The molecule has 2 N–H and O–H groups in total. The Bertz CT molecular complexity index is 265. The van der Waals surface area contributed by atoms with Crippen LogP contribution in [-0.4, -0.2) is 5.75 Å². The number of hydrogen-bond acceptors (Lipinski definition) is 2. The Morgan fingerprint density at radius 2 is 2.27 bits per heavy atom. The van der Waals surface area contributed by atoms with Gasteiger partial charge in [-0.25, -0.2) is 0 Å². The number of hydrogen-bond donors (Lipinski definition) is 1. The average Bonchev–Trinajstić information content (AvgIpc) is 2.45. The van der Waals surface area contributed by atoms with E-state index in [1.807, 2.05) is 17.8 Å². The Morgan fingerprint density at radius 3 is 3.00 bits per heavy atom. The van der Waals surface area contributed by atoms with Gasteiger partial charge in [0.1, 0.15) is 0 Å². The maximum atomic E-state index is 5.83. The summed E-state index contributed by atoms with van der Waals surface area (Å²) >= 11 is 1.93. The second-order valence-electron chi connectivity index (χ2n) is 2.88. The number of rotatable bonds is 0. The highest BCUT2D eigenvalue weighted by atomic mass is 32.2. The molecule has 1 aliphatic heterocycles. The Labute approximate surface area is 71.0 Å². The molecule has 1 heterocycles. The zero-order chi connectivity index (χ0) is 7.84. The van der Waals surface area contributed by atoms with E-state index in [2.05, 4.69) is 13.0 Å². The second kappa shape index (κ2) is 2.45. The van der Waals surface area contributed by atoms with E-state index in [0.29, 0.717) is 0 Å². The minimum Gasteiger partial charge on any atom is -0.398 e. The first kappa shape index (κ1) is 7.04. The number of benzene rings is 1. The lowest BCUT2D eigenvalue weighted by molar-refractivity contribution is 1.13. The van der Waals surface area contributed by atoms with Gasteiger partial charge in [0, 0.05) is 16.3 Å². The smallest absolute Gasteiger partial charge is 0.0358 e. The predicted octanol–water partition coefficient (Wildman–Crippen LogP) is 2.23. The van der Waals surface area contributed by atoms with Crippen LogP contribution in [0.4, 0.5) is 5.69 Å². The van der Waals surface area contributed by atoms with Crippen molar-refractivity contribution in [1.82, 2.24) is 0 Å². The fourth-order valence-electron chi connectivity index (χ4n) is 1.47. The van der Waals surface area contributed by atoms with Crippen molar-refractivity contribution in [2.24, 2.45) is 0 Å². The molecule has 1 aromatic rings. The Balaban J connectivity index is 2.64. The summed E-state index contributed by atoms with van der Waals surface area (Å²) in [7, 11) is 0. The number of thioether (sulfide) groups is 1. The first-order chi connectivity index (χ1) is 5.29. The van der Waals surface area contributed by atoms with E-state index < -0.39 is 0 Å². The van der Waals surface area contributed by atoms with Crippen molar-refractivity contribution in [3.63, 3.8) is 0 Å². The van der Waals surface area contributed by atoms with Crippen LogP contribution in [0, 0.1) is 6.92 Å². The Hall–Kier alpha value is -0.630. The summed E-state index contributed by atoms with van der Waals surface area (Å²) in [4.78, 5) is 1.42. The molecule has 0 fully saturated rings. The molecule has 0 saturated carbocycles. The van der Waals surface area contributed by atoms with Gasteiger partial charge in [0.25, 0.3) is 0 Å². The van der Waals surface area contributed by atoms with Gasteiger partial charge in [-0.15, -0.1) is 11.8 Å². The number of aryl methyl sites for hydroxylation is 1. The summed E-state index contributed by atoms with van der Waals surface area (Å²) in [5.41, 5.74) is 9.54. The van der Waals surface area contributed by atoms with Crippen molar-refractivity contribution in [2.45, 2.75) is 18.2 Å². The van der Waals surface area contributed by atoms with Gasteiger partial charge in [-0.05, 0) is 30.5 Å². The third-order valence-corrected chi connectivity index (χ3v) is 3.36. The first-order valence-corrected chi connectivity index (χ1v) is 4.78. The van der Waals surface area contributed by atoms with E-state index >= 15 is 0 Å². The van der Waals surface area contributed by atoms with Gasteiger partial charge in [0.2, 0.25) is 0 Å². The van der Waals surface area contributed by atoms with Crippen LogP contribution >= 0.6 is 11.8 Å². The van der Waals surface area contributed by atoms with Crippen LogP contribution in [0.2, 0.25) is 0 Å². The average molecular weight is 165 g/mol. The highest BCUT2D eigenvalue weighted by molar-refractivity contribution is 7.99. The molecule has 0 aromatic heterocycles. The summed E-state index contributed by atoms with van der Waals surface area (Å²) in [6.07, 6.45) is 1.15. The summed E-state index contributed by atoms with van der Waals surface area (Å²) in [5.74, 6) is 1.20. The van der Waals surface area contributed by atoms with Gasteiger partial charge in [0.05, 0.1) is 0 Å². The summed E-state index contributed by atoms with van der Waals surface area (Å²) in [5, 5.41) is 0. The third-order valence-electron chi connectivity index (χ3n) is 2.09. The molecule has 0 saturated heterocycles. The zero-order valence-corrected chi connectivity index (χ0v) is 7.37. The normalized spacial score (nSPS) is 15.0. The summed E-state index contributed by atoms with van der Waals surface area (Å²) < 4.78 is 0. The molecule has 1 aromatic carbocycles. The number of nitrogens with two attached hydrogens (primary N) is 1. The molecule has 2 rings (SSSR count). The van der Waals surface area contributed by atoms with E-state index in [0.717, 1.165) is 12.1 Å². The predicted molar refractivity (Wildman–Crippen MR) is 50.0 cm³/mol. The molecule has 1 aliphatic rings. The standard InChI is InChI=1S/C9H11NS/c1-6-2-3-8(10)7-4-5-11-9(6)7/h2-3H,4-5,10H2,1H3. The highest BCUT2D eigenvalue weighted by Gasteiger charge is 2.15. The maximum Gasteiger partial charge on any atom is 0.0358 e. The molecular weight excluding hydrogens is 154 g/mol. The van der Waals surface area contributed by atoms with Crippen LogP contribution in [0.15, 0.2) is 17.0 Å². The van der Waals surface area contributed by atoms with Crippen molar-refractivity contribution >= 4 is 17.4 Å². The fourth-order valence-corrected chi connectivity index (χ4v) is 2.67. The molecule has 2 heteroatoms. The van der Waals surface area contributed by atoms with Crippen LogP contribution in [0.3, 0.4) is 0 Å². The van der Waals surface area contributed by atoms with Gasteiger partial charge in [-0.2, -0.15) is 0 Å². The third kappa shape index (κ3) is 1.02. The van der Waals surface area contributed by atoms with E-state index in [4.69, 9.17) is 5.73 Å². The topological polar surface area (TPSA) is 26.0 Å². The number of fused-ring (bicyclic) bond motifs is 1. The molecule has 0 radical (unpaired) electrons. The molecule has 0 spiro atoms. The lowest BCUT2D eigenvalue weighted by Gasteiger charge is -2.04. The van der Waals surface area contributed by atoms with Crippen LogP contribution in [0.1, 0.15) is 11.1 Å². The summed E-state index contributed by atoms with van der Waals surface area (Å²) in [6, 6.07) is 4.12. The monoisotopic (exact) mass is 165 g/mol. The van der Waals surface area contributed by atoms with Gasteiger partial charge >= 0.3 is 0 Å². The minimum atomic E-state index is 0.968. The lowest BCUT2D eigenvalue weighted by Crippen LogP contribution is -1.93. The number of anilines is 1. The van der Waals surface area contributed by atoms with Gasteiger partial charge in [-0.3, -0.25) is 0 Å². The Morgan fingerprint density at radius 1 is 1.45 bits per heavy atom. The van der Waals surface area contributed by atoms with Crippen molar-refractivity contribution in [3.05, 3.63) is 23.3 Å². The molecule has 0 atom stereocenters. The SMILES string of the molecule is Cc1ccc(N)c2c1SCC2. The lowest BCUT2D eigenvalue weighted by atomic mass is 10.1. The van der Waals surface area contributed by atoms with E-state index in [9.17, 15) is 0 Å². The molecule has 0 unspecified atom stereocenters. The van der Waals surface area contributed by atoms with Gasteiger partial charge in [0.15, 0.2) is 0 Å². The minimum absolute atomic E-state index is 0.968. The molecule has 0 aliphatic carbocycles. The second-order valence-corrected chi connectivity index (χ2v) is 3.98.